The normalized spacial score (nSPS) is 11.3. The van der Waals surface area contributed by atoms with Crippen LogP contribution in [0.1, 0.15) is 21.5 Å². The first-order valence-corrected chi connectivity index (χ1v) is 13.7. The predicted octanol–water partition coefficient (Wildman–Crippen LogP) is 9.17. The maximum Gasteiger partial charge on any atom is 0.269 e. The number of benzene rings is 5. The zero-order chi connectivity index (χ0) is 32.1. The van der Waals surface area contributed by atoms with Crippen LogP contribution in [0.25, 0.3) is 10.8 Å². The molecule has 5 rings (SSSR count). The summed E-state index contributed by atoms with van der Waals surface area (Å²) in [5.41, 5.74) is 3.50. The van der Waals surface area contributed by atoms with Crippen LogP contribution in [0.15, 0.2) is 105 Å². The molecule has 0 aromatic heterocycles. The molecule has 0 saturated carbocycles. The predicted molar refractivity (Wildman–Crippen MR) is 170 cm³/mol. The Morgan fingerprint density at radius 2 is 1.56 bits per heavy atom. The second-order valence-corrected chi connectivity index (χ2v) is 9.96. The van der Waals surface area contributed by atoms with Crippen molar-refractivity contribution in [1.29, 1.82) is 0 Å². The standard InChI is InChI=1S/C33H28N6O6/c1-19-7-5-6-8-27(19)34-33(41)26-17-21-16-24(44-3)13-14-25(21)31(32(26)40)38-37-29-15-20(2)28(18-30(29)45-4)36-35-22-9-11-23(12-10-22)39(42)43/h5-18,40H,1-4H3,(H,34,41). The number of phenols is 1. The van der Waals surface area contributed by atoms with E-state index in [-0.39, 0.29) is 22.7 Å². The number of nitrogens with one attached hydrogen (secondary N) is 1. The lowest BCUT2D eigenvalue weighted by Crippen LogP contribution is -2.13. The number of methoxy groups -OCH3 is 2. The van der Waals surface area contributed by atoms with Gasteiger partial charge in [0.2, 0.25) is 0 Å². The van der Waals surface area contributed by atoms with Crippen molar-refractivity contribution in [2.45, 2.75) is 13.8 Å². The van der Waals surface area contributed by atoms with Crippen LogP contribution < -0.4 is 14.8 Å². The van der Waals surface area contributed by atoms with Crippen molar-refractivity contribution in [3.63, 3.8) is 0 Å². The van der Waals surface area contributed by atoms with Crippen molar-refractivity contribution in [3.05, 3.63) is 112 Å². The fourth-order valence-electron chi connectivity index (χ4n) is 4.53. The molecule has 0 aliphatic carbocycles. The molecule has 0 spiro atoms. The zero-order valence-electron chi connectivity index (χ0n) is 24.8. The highest BCUT2D eigenvalue weighted by molar-refractivity contribution is 6.12. The first-order valence-electron chi connectivity index (χ1n) is 13.7. The number of carbonyl (C=O) groups excluding carboxylic acids is 1. The summed E-state index contributed by atoms with van der Waals surface area (Å²) >= 11 is 0. The van der Waals surface area contributed by atoms with Crippen molar-refractivity contribution in [1.82, 2.24) is 0 Å². The number of phenolic OH excluding ortho intramolecular Hbond substituents is 1. The third kappa shape index (κ3) is 6.59. The SMILES string of the molecule is COc1ccc2c(N=Nc3cc(C)c(N=Nc4ccc([N+](=O)[O-])cc4)cc3OC)c(O)c(C(=O)Nc3ccccc3C)cc2c1. The van der Waals surface area contributed by atoms with Gasteiger partial charge in [-0.25, -0.2) is 0 Å². The molecule has 0 unspecified atom stereocenters. The van der Waals surface area contributed by atoms with E-state index in [0.29, 0.717) is 50.6 Å². The van der Waals surface area contributed by atoms with Crippen LogP contribution >= 0.6 is 0 Å². The highest BCUT2D eigenvalue weighted by Gasteiger charge is 2.20. The summed E-state index contributed by atoms with van der Waals surface area (Å²) in [4.78, 5) is 23.8. The first-order chi connectivity index (χ1) is 21.7. The molecule has 226 valence electrons. The molecule has 5 aromatic carbocycles. The number of rotatable bonds is 9. The number of carbonyl (C=O) groups is 1. The number of non-ortho nitro benzene ring substituents is 1. The molecule has 0 aliphatic heterocycles. The molecule has 12 heteroatoms. The minimum atomic E-state index is -0.515. The monoisotopic (exact) mass is 604 g/mol. The molecule has 0 aliphatic rings. The number of nitro groups is 1. The number of ether oxygens (including phenoxy) is 2. The molecule has 1 amide bonds. The van der Waals surface area contributed by atoms with E-state index in [1.807, 2.05) is 25.1 Å². The number of aromatic hydroxyl groups is 1. The van der Waals surface area contributed by atoms with Gasteiger partial charge < -0.3 is 19.9 Å². The first kappa shape index (κ1) is 30.3. The lowest BCUT2D eigenvalue weighted by Gasteiger charge is -2.13. The summed E-state index contributed by atoms with van der Waals surface area (Å²) in [6.45, 7) is 3.68. The third-order valence-corrected chi connectivity index (χ3v) is 7.02. The second kappa shape index (κ2) is 13.0. The molecule has 2 N–H and O–H groups in total. The number of azo groups is 2. The van der Waals surface area contributed by atoms with E-state index in [4.69, 9.17) is 9.47 Å². The summed E-state index contributed by atoms with van der Waals surface area (Å²) in [6.07, 6.45) is 0. The second-order valence-electron chi connectivity index (χ2n) is 9.96. The Hall–Kier alpha value is -6.17. The topological polar surface area (TPSA) is 160 Å². The number of fused-ring (bicyclic) bond motifs is 1. The summed E-state index contributed by atoms with van der Waals surface area (Å²) in [6, 6.07) is 23.1. The molecule has 5 aromatic rings. The highest BCUT2D eigenvalue weighted by Crippen LogP contribution is 2.42. The van der Waals surface area contributed by atoms with Crippen molar-refractivity contribution >= 4 is 50.8 Å². The Balaban J connectivity index is 1.52. The van der Waals surface area contributed by atoms with Crippen molar-refractivity contribution in [3.8, 4) is 17.2 Å². The molecule has 0 fully saturated rings. The van der Waals surface area contributed by atoms with Crippen LogP contribution in [0, 0.1) is 24.0 Å². The minimum absolute atomic E-state index is 0.0121. The third-order valence-electron chi connectivity index (χ3n) is 7.02. The molecule has 0 atom stereocenters. The van der Waals surface area contributed by atoms with E-state index in [9.17, 15) is 20.0 Å². The molecule has 0 heterocycles. The van der Waals surface area contributed by atoms with E-state index in [1.54, 1.807) is 49.4 Å². The fraction of sp³-hybridized carbons (Fsp3) is 0.121. The van der Waals surface area contributed by atoms with Gasteiger partial charge in [-0.2, -0.15) is 10.2 Å². The quantitative estimate of drug-likeness (QED) is 0.0968. The molecule has 12 nitrogen and oxygen atoms in total. The Labute approximate surface area is 257 Å². The van der Waals surface area contributed by atoms with Gasteiger partial charge in [0.1, 0.15) is 22.9 Å². The van der Waals surface area contributed by atoms with Crippen LogP contribution in [-0.4, -0.2) is 30.2 Å². The smallest absolute Gasteiger partial charge is 0.269 e. The van der Waals surface area contributed by atoms with E-state index >= 15 is 0 Å². The number of nitrogens with zero attached hydrogens (tertiary/aromatic N) is 5. The Morgan fingerprint density at radius 3 is 2.24 bits per heavy atom. The fourth-order valence-corrected chi connectivity index (χ4v) is 4.53. The van der Waals surface area contributed by atoms with Gasteiger partial charge >= 0.3 is 0 Å². The van der Waals surface area contributed by atoms with Gasteiger partial charge in [0.15, 0.2) is 5.75 Å². The lowest BCUT2D eigenvalue weighted by molar-refractivity contribution is -0.384. The van der Waals surface area contributed by atoms with E-state index in [1.165, 1.54) is 38.5 Å². The number of para-hydroxylation sites is 1. The summed E-state index contributed by atoms with van der Waals surface area (Å²) < 4.78 is 10.9. The van der Waals surface area contributed by atoms with Crippen LogP contribution in [0.4, 0.5) is 34.1 Å². The maximum atomic E-state index is 13.4. The highest BCUT2D eigenvalue weighted by atomic mass is 16.6. The van der Waals surface area contributed by atoms with Gasteiger partial charge in [0.25, 0.3) is 11.6 Å². The largest absolute Gasteiger partial charge is 0.505 e. The molecule has 0 radical (unpaired) electrons. The van der Waals surface area contributed by atoms with Crippen molar-refractivity contribution < 1.29 is 24.3 Å². The van der Waals surface area contributed by atoms with Crippen LogP contribution in [-0.2, 0) is 0 Å². The van der Waals surface area contributed by atoms with Gasteiger partial charge in [-0.05, 0) is 78.9 Å². The van der Waals surface area contributed by atoms with E-state index < -0.39 is 10.8 Å². The number of hydrogen-bond acceptors (Lipinski definition) is 10. The summed E-state index contributed by atoms with van der Waals surface area (Å²) in [5, 5.41) is 43.4. The summed E-state index contributed by atoms with van der Waals surface area (Å²) in [5.74, 6) is 0.0452. The van der Waals surface area contributed by atoms with Gasteiger partial charge in [-0.15, -0.1) is 10.2 Å². The van der Waals surface area contributed by atoms with Gasteiger partial charge in [-0.3, -0.25) is 14.9 Å². The van der Waals surface area contributed by atoms with Crippen LogP contribution in [0.3, 0.4) is 0 Å². The zero-order valence-corrected chi connectivity index (χ0v) is 24.8. The van der Waals surface area contributed by atoms with E-state index in [0.717, 1.165) is 5.56 Å². The number of aryl methyl sites for hydroxylation is 2. The van der Waals surface area contributed by atoms with Crippen LogP contribution in [0.2, 0.25) is 0 Å². The molecular weight excluding hydrogens is 576 g/mol. The minimum Gasteiger partial charge on any atom is -0.505 e. The lowest BCUT2D eigenvalue weighted by atomic mass is 10.0. The molecule has 45 heavy (non-hydrogen) atoms. The van der Waals surface area contributed by atoms with Gasteiger partial charge in [0.05, 0.1) is 36.1 Å². The molecular formula is C33H28N6O6. The summed E-state index contributed by atoms with van der Waals surface area (Å²) in [7, 11) is 3.01. The van der Waals surface area contributed by atoms with Crippen molar-refractivity contribution in [2.75, 3.05) is 19.5 Å². The average Bonchev–Trinajstić information content (AvgIpc) is 3.04. The van der Waals surface area contributed by atoms with Crippen LogP contribution in [0.5, 0.6) is 17.2 Å². The van der Waals surface area contributed by atoms with Crippen molar-refractivity contribution in [2.24, 2.45) is 20.5 Å². The number of hydrogen-bond donors (Lipinski definition) is 2. The van der Waals surface area contributed by atoms with Gasteiger partial charge in [0, 0.05) is 29.3 Å². The maximum absolute atomic E-state index is 13.4. The molecule has 0 bridgehead atoms. The number of amides is 1. The molecule has 0 saturated heterocycles. The van der Waals surface area contributed by atoms with Gasteiger partial charge in [-0.1, -0.05) is 18.2 Å². The van der Waals surface area contributed by atoms with E-state index in [2.05, 4.69) is 25.8 Å². The average molecular weight is 605 g/mol. The Morgan fingerprint density at radius 1 is 0.822 bits per heavy atom. The Kier molecular flexibility index (Phi) is 8.75. The Bertz CT molecular complexity index is 1990. The number of anilines is 1. The number of nitro benzene ring substituents is 1.